The van der Waals surface area contributed by atoms with Crippen molar-refractivity contribution in [3.8, 4) is 5.75 Å². The molecule has 0 saturated heterocycles. The lowest BCUT2D eigenvalue weighted by Gasteiger charge is -2.29. The van der Waals surface area contributed by atoms with Crippen LogP contribution in [-0.4, -0.2) is 30.9 Å². The van der Waals surface area contributed by atoms with Gasteiger partial charge in [0.2, 0.25) is 0 Å². The molecule has 1 saturated carbocycles. The van der Waals surface area contributed by atoms with E-state index in [1.807, 2.05) is 12.1 Å². The van der Waals surface area contributed by atoms with Crippen molar-refractivity contribution in [2.75, 3.05) is 13.7 Å². The molecule has 4 heteroatoms. The summed E-state index contributed by atoms with van der Waals surface area (Å²) < 4.78 is 5.28. The number of methoxy groups -OCH3 is 1. The Morgan fingerprint density at radius 3 is 2.55 bits per heavy atom. The normalized spacial score (nSPS) is 22.7. The Labute approximate surface area is 227 Å². The highest BCUT2D eigenvalue weighted by molar-refractivity contribution is 6.18. The number of benzene rings is 2. The predicted molar refractivity (Wildman–Crippen MR) is 157 cm³/mol. The van der Waals surface area contributed by atoms with Crippen LogP contribution in [0.5, 0.6) is 5.75 Å². The van der Waals surface area contributed by atoms with E-state index in [4.69, 9.17) is 15.1 Å². The monoisotopic (exact) mass is 508 g/mol. The number of aliphatic imine (C=N–C) groups is 1. The molecular weight excluding hydrogens is 468 g/mol. The average Bonchev–Trinajstić information content (AvgIpc) is 3.19. The molecule has 1 heterocycles. The predicted octanol–water partition coefficient (Wildman–Crippen LogP) is 7.91. The van der Waals surface area contributed by atoms with E-state index in [1.54, 1.807) is 7.11 Å². The van der Waals surface area contributed by atoms with Crippen LogP contribution in [0.1, 0.15) is 80.9 Å². The number of aryl methyl sites for hydroxylation is 1. The van der Waals surface area contributed by atoms with Crippen LogP contribution in [0, 0.1) is 24.2 Å². The number of allylic oxidation sites excluding steroid dienone is 3. The molecule has 0 amide bonds. The van der Waals surface area contributed by atoms with Crippen molar-refractivity contribution in [3.05, 3.63) is 82.4 Å². The van der Waals surface area contributed by atoms with E-state index in [2.05, 4.69) is 56.3 Å². The first-order chi connectivity index (χ1) is 18.4. The zero-order chi connectivity index (χ0) is 26.6. The summed E-state index contributed by atoms with van der Waals surface area (Å²) in [6, 6.07) is 16.8. The smallest absolute Gasteiger partial charge is 0.136 e. The van der Waals surface area contributed by atoms with Crippen LogP contribution < -0.4 is 4.74 Å². The number of carbonyl (C=O) groups excluding carboxylic acids is 1. The van der Waals surface area contributed by atoms with Gasteiger partial charge in [0.15, 0.2) is 0 Å². The molecule has 4 nitrogen and oxygen atoms in total. The van der Waals surface area contributed by atoms with Gasteiger partial charge < -0.3 is 10.1 Å². The third kappa shape index (κ3) is 5.75. The first-order valence-electron chi connectivity index (χ1n) is 14.2. The molecular formula is C34H40N2O2. The van der Waals surface area contributed by atoms with E-state index in [9.17, 15) is 4.79 Å². The molecule has 198 valence electrons. The van der Waals surface area contributed by atoms with Crippen molar-refractivity contribution in [2.24, 2.45) is 16.8 Å². The Bertz CT molecular complexity index is 1280. The number of carbonyl (C=O) groups is 1. The van der Waals surface area contributed by atoms with Crippen LogP contribution in [0.3, 0.4) is 0 Å². The van der Waals surface area contributed by atoms with Gasteiger partial charge in [-0.1, -0.05) is 55.3 Å². The van der Waals surface area contributed by atoms with Crippen molar-refractivity contribution in [2.45, 2.75) is 71.1 Å². The number of hydrogen-bond acceptors (Lipinski definition) is 4. The zero-order valence-corrected chi connectivity index (χ0v) is 23.1. The fourth-order valence-electron chi connectivity index (χ4n) is 6.38. The van der Waals surface area contributed by atoms with Gasteiger partial charge in [0.25, 0.3) is 0 Å². The van der Waals surface area contributed by atoms with Crippen LogP contribution in [0.25, 0.3) is 5.57 Å². The van der Waals surface area contributed by atoms with E-state index in [0.29, 0.717) is 24.5 Å². The maximum Gasteiger partial charge on any atom is 0.136 e. The van der Waals surface area contributed by atoms with E-state index in [0.717, 1.165) is 56.5 Å². The summed E-state index contributed by atoms with van der Waals surface area (Å²) in [4.78, 5) is 18.4. The highest BCUT2D eigenvalue weighted by atomic mass is 16.5. The summed E-state index contributed by atoms with van der Waals surface area (Å²) in [5.41, 5.74) is 9.20. The SMILES string of the molecule is COc1ccc([C@@H](C)CC(=O)C2CCCC(C3=NCCC4=C3C=C(c3ccc(C)cc3)CC4=N)CC2)cc1. The van der Waals surface area contributed by atoms with Crippen molar-refractivity contribution in [1.82, 2.24) is 0 Å². The van der Waals surface area contributed by atoms with Crippen LogP contribution in [0.15, 0.2) is 70.7 Å². The van der Waals surface area contributed by atoms with E-state index in [1.165, 1.54) is 39.1 Å². The average molecular weight is 509 g/mol. The zero-order valence-electron chi connectivity index (χ0n) is 23.1. The van der Waals surface area contributed by atoms with Crippen molar-refractivity contribution < 1.29 is 9.53 Å². The van der Waals surface area contributed by atoms with Gasteiger partial charge in [-0.05, 0) is 85.4 Å². The number of ether oxygens (including phenoxy) is 1. The Balaban J connectivity index is 1.27. The molecule has 2 aliphatic carbocycles. The highest BCUT2D eigenvalue weighted by Crippen LogP contribution is 2.38. The fourth-order valence-corrected chi connectivity index (χ4v) is 6.38. The quantitative estimate of drug-likeness (QED) is 0.386. The van der Waals surface area contributed by atoms with Gasteiger partial charge in [-0.15, -0.1) is 0 Å². The third-order valence-electron chi connectivity index (χ3n) is 8.72. The lowest BCUT2D eigenvalue weighted by atomic mass is 9.78. The van der Waals surface area contributed by atoms with Gasteiger partial charge in [0, 0.05) is 48.2 Å². The van der Waals surface area contributed by atoms with Gasteiger partial charge in [-0.25, -0.2) is 0 Å². The summed E-state index contributed by atoms with van der Waals surface area (Å²) in [7, 11) is 1.68. The Kier molecular flexibility index (Phi) is 8.06. The molecule has 3 aliphatic rings. The molecule has 1 fully saturated rings. The number of hydrogen-bond donors (Lipinski definition) is 1. The Morgan fingerprint density at radius 1 is 1.05 bits per heavy atom. The Hall–Kier alpha value is -3.27. The second-order valence-electron chi connectivity index (χ2n) is 11.3. The van der Waals surface area contributed by atoms with Gasteiger partial charge >= 0.3 is 0 Å². The molecule has 0 radical (unpaired) electrons. The Morgan fingerprint density at radius 2 is 1.82 bits per heavy atom. The highest BCUT2D eigenvalue weighted by Gasteiger charge is 2.32. The van der Waals surface area contributed by atoms with Gasteiger partial charge in [-0.3, -0.25) is 9.79 Å². The largest absolute Gasteiger partial charge is 0.497 e. The van der Waals surface area contributed by atoms with Crippen LogP contribution >= 0.6 is 0 Å². The molecule has 2 aromatic carbocycles. The number of nitrogens with zero attached hydrogens (tertiary/aromatic N) is 1. The fraction of sp³-hybridized carbons (Fsp3) is 0.441. The standard InChI is InChI=1S/C34H40N2O2/c1-22-7-9-25(10-8-22)28-20-31-30(32(35)21-28)17-18-36-34(31)27-6-4-5-26(11-12-27)33(37)19-23(2)24-13-15-29(38-3)16-14-24/h7-10,13-16,20,23,26-27,35H,4-6,11-12,17-19,21H2,1-3H3/t23-,26?,27?/m0/s1. The number of rotatable bonds is 7. The summed E-state index contributed by atoms with van der Waals surface area (Å²) in [5.74, 6) is 1.97. The van der Waals surface area contributed by atoms with Crippen molar-refractivity contribution in [1.29, 1.82) is 5.41 Å². The van der Waals surface area contributed by atoms with Gasteiger partial charge in [0.1, 0.15) is 11.5 Å². The molecule has 0 spiro atoms. The van der Waals surface area contributed by atoms with Crippen molar-refractivity contribution in [3.63, 3.8) is 0 Å². The molecule has 38 heavy (non-hydrogen) atoms. The number of nitrogens with one attached hydrogen (secondary N) is 1. The lowest BCUT2D eigenvalue weighted by molar-refractivity contribution is -0.123. The molecule has 1 aliphatic heterocycles. The minimum absolute atomic E-state index is 0.140. The molecule has 0 aromatic heterocycles. The minimum Gasteiger partial charge on any atom is -0.497 e. The molecule has 2 unspecified atom stereocenters. The van der Waals surface area contributed by atoms with E-state index in [-0.39, 0.29) is 11.8 Å². The van der Waals surface area contributed by atoms with Gasteiger partial charge in [-0.2, -0.15) is 0 Å². The van der Waals surface area contributed by atoms with E-state index >= 15 is 0 Å². The molecule has 3 atom stereocenters. The summed E-state index contributed by atoms with van der Waals surface area (Å²) in [5, 5.41) is 8.82. The van der Waals surface area contributed by atoms with Crippen molar-refractivity contribution >= 4 is 22.8 Å². The summed E-state index contributed by atoms with van der Waals surface area (Å²) in [6.07, 6.45) is 9.54. The minimum atomic E-state index is 0.140. The topological polar surface area (TPSA) is 62.5 Å². The van der Waals surface area contributed by atoms with Crippen LogP contribution in [0.2, 0.25) is 0 Å². The molecule has 0 bridgehead atoms. The second-order valence-corrected chi connectivity index (χ2v) is 11.3. The molecule has 5 rings (SSSR count). The van der Waals surface area contributed by atoms with Crippen LogP contribution in [-0.2, 0) is 4.79 Å². The second kappa shape index (κ2) is 11.6. The summed E-state index contributed by atoms with van der Waals surface area (Å²) >= 11 is 0. The third-order valence-corrected chi connectivity index (χ3v) is 8.72. The number of dihydropyridines is 1. The van der Waals surface area contributed by atoms with Gasteiger partial charge in [0.05, 0.1) is 7.11 Å². The van der Waals surface area contributed by atoms with Crippen LogP contribution in [0.4, 0.5) is 0 Å². The number of Topliss-reactive ketones (excluding diaryl/α,β-unsaturated/α-hetero) is 1. The molecule has 2 aromatic rings. The summed E-state index contributed by atoms with van der Waals surface area (Å²) in [6.45, 7) is 5.04. The first-order valence-corrected chi connectivity index (χ1v) is 14.2. The van der Waals surface area contributed by atoms with E-state index < -0.39 is 0 Å². The lowest BCUT2D eigenvalue weighted by Crippen LogP contribution is -2.26. The molecule has 1 N–H and O–H groups in total. The maximum atomic E-state index is 13.3. The first kappa shape index (κ1) is 26.3. The number of ketones is 1. The maximum absolute atomic E-state index is 13.3.